The van der Waals surface area contributed by atoms with Crippen molar-refractivity contribution in [3.05, 3.63) is 23.5 Å². The summed E-state index contributed by atoms with van der Waals surface area (Å²) in [6.45, 7) is 2.19. The molecule has 0 atom stereocenters. The van der Waals surface area contributed by atoms with Crippen LogP contribution in [0.1, 0.15) is 11.4 Å². The number of nitrogens with one attached hydrogen (secondary N) is 1. The molecule has 12 heavy (non-hydrogen) atoms. The normalized spacial score (nSPS) is 9.92. The molecule has 66 valence electrons. The van der Waals surface area contributed by atoms with Crippen molar-refractivity contribution < 1.29 is 9.94 Å². The average Bonchev–Trinajstić information content (AvgIpc) is 2.05. The number of nitrogens with zero attached hydrogens (tertiary/aromatic N) is 1. The highest BCUT2D eigenvalue weighted by Crippen LogP contribution is 2.15. The summed E-state index contributed by atoms with van der Waals surface area (Å²) in [6, 6.07) is 3.69. The van der Waals surface area contributed by atoms with Crippen LogP contribution >= 0.6 is 0 Å². The Bertz CT molecular complexity index is 263. The third kappa shape index (κ3) is 1.93. The molecule has 4 heteroatoms. The summed E-state index contributed by atoms with van der Waals surface area (Å²) in [7, 11) is 1.58. The lowest BCUT2D eigenvalue weighted by atomic mass is 10.3. The minimum atomic E-state index is 0.296. The lowest BCUT2D eigenvalue weighted by Crippen LogP contribution is -2.09. The van der Waals surface area contributed by atoms with Crippen molar-refractivity contribution in [1.82, 2.24) is 10.5 Å². The van der Waals surface area contributed by atoms with Gasteiger partial charge in [0.25, 0.3) is 0 Å². The highest BCUT2D eigenvalue weighted by Gasteiger charge is 2.02. The van der Waals surface area contributed by atoms with Crippen LogP contribution in [0.25, 0.3) is 0 Å². The number of hydrogen-bond donors (Lipinski definition) is 2. The van der Waals surface area contributed by atoms with Crippen LogP contribution in [0.2, 0.25) is 0 Å². The summed E-state index contributed by atoms with van der Waals surface area (Å²) in [5.74, 6) is 0.683. The lowest BCUT2D eigenvalue weighted by molar-refractivity contribution is 0.158. The molecule has 0 aromatic carbocycles. The van der Waals surface area contributed by atoms with E-state index in [1.54, 1.807) is 7.11 Å². The molecular formula is C8H12N2O2. The predicted octanol–water partition coefficient (Wildman–Crippen LogP) is 0.877. The van der Waals surface area contributed by atoms with Crippen molar-refractivity contribution in [2.24, 2.45) is 0 Å². The maximum Gasteiger partial charge on any atom is 0.141 e. The Morgan fingerprint density at radius 1 is 1.58 bits per heavy atom. The number of aromatic nitrogens is 1. The first-order valence-corrected chi connectivity index (χ1v) is 3.65. The first-order valence-electron chi connectivity index (χ1n) is 3.65. The topological polar surface area (TPSA) is 54.4 Å². The summed E-state index contributed by atoms with van der Waals surface area (Å²) < 4.78 is 5.04. The smallest absolute Gasteiger partial charge is 0.141 e. The Kier molecular flexibility index (Phi) is 3.01. The van der Waals surface area contributed by atoms with Crippen LogP contribution in [-0.4, -0.2) is 17.3 Å². The van der Waals surface area contributed by atoms with Gasteiger partial charge < -0.3 is 9.94 Å². The second-order valence-electron chi connectivity index (χ2n) is 2.44. The van der Waals surface area contributed by atoms with E-state index < -0.39 is 0 Å². The first kappa shape index (κ1) is 8.96. The van der Waals surface area contributed by atoms with Crippen LogP contribution in [0.3, 0.4) is 0 Å². The van der Waals surface area contributed by atoms with Crippen LogP contribution in [0.15, 0.2) is 12.1 Å². The van der Waals surface area contributed by atoms with Crippen LogP contribution in [0.5, 0.6) is 5.75 Å². The summed E-state index contributed by atoms with van der Waals surface area (Å²) in [4.78, 5) is 4.19. The van der Waals surface area contributed by atoms with Gasteiger partial charge in [0.1, 0.15) is 5.75 Å². The van der Waals surface area contributed by atoms with Gasteiger partial charge >= 0.3 is 0 Å². The molecular weight excluding hydrogens is 156 g/mol. The SMILES string of the molecule is COc1ccc(C)nc1CNO. The number of methoxy groups -OCH3 is 1. The van der Waals surface area contributed by atoms with Crippen molar-refractivity contribution in [1.29, 1.82) is 0 Å². The van der Waals surface area contributed by atoms with Crippen molar-refractivity contribution in [2.45, 2.75) is 13.5 Å². The quantitative estimate of drug-likeness (QED) is 0.658. The molecule has 2 N–H and O–H groups in total. The molecule has 0 aliphatic rings. The number of hydroxylamine groups is 1. The van der Waals surface area contributed by atoms with Crippen LogP contribution in [0, 0.1) is 6.92 Å². The summed E-state index contributed by atoms with van der Waals surface area (Å²) in [6.07, 6.45) is 0. The molecule has 1 rings (SSSR count). The Hall–Kier alpha value is -1.13. The summed E-state index contributed by atoms with van der Waals surface area (Å²) >= 11 is 0. The number of aryl methyl sites for hydroxylation is 1. The monoisotopic (exact) mass is 168 g/mol. The Labute approximate surface area is 71.2 Å². The second kappa shape index (κ2) is 4.04. The van der Waals surface area contributed by atoms with Gasteiger partial charge in [-0.2, -0.15) is 5.48 Å². The number of ether oxygens (including phenoxy) is 1. The zero-order valence-corrected chi connectivity index (χ0v) is 7.16. The van der Waals surface area contributed by atoms with Gasteiger partial charge in [-0.15, -0.1) is 0 Å². The van der Waals surface area contributed by atoms with Crippen molar-refractivity contribution in [2.75, 3.05) is 7.11 Å². The molecule has 0 aliphatic carbocycles. The van der Waals surface area contributed by atoms with Gasteiger partial charge in [-0.1, -0.05) is 0 Å². The maximum absolute atomic E-state index is 8.48. The Balaban J connectivity index is 2.95. The molecule has 0 fully saturated rings. The fourth-order valence-corrected chi connectivity index (χ4v) is 0.985. The van der Waals surface area contributed by atoms with Crippen molar-refractivity contribution in [3.8, 4) is 5.75 Å². The summed E-state index contributed by atoms with van der Waals surface area (Å²) in [5, 5.41) is 8.48. The van der Waals surface area contributed by atoms with Crippen LogP contribution < -0.4 is 10.2 Å². The number of pyridine rings is 1. The standard InChI is InChI=1S/C8H12N2O2/c1-6-3-4-8(12-2)7(10-6)5-9-11/h3-4,9,11H,5H2,1-2H3. The van der Waals surface area contributed by atoms with Gasteiger partial charge in [-0.3, -0.25) is 4.98 Å². The van der Waals surface area contributed by atoms with E-state index in [2.05, 4.69) is 4.98 Å². The third-order valence-corrected chi connectivity index (χ3v) is 1.54. The molecule has 1 heterocycles. The van der Waals surface area contributed by atoms with Gasteiger partial charge in [0.05, 0.1) is 19.3 Å². The van der Waals surface area contributed by atoms with E-state index in [-0.39, 0.29) is 0 Å². The zero-order chi connectivity index (χ0) is 8.97. The molecule has 0 saturated carbocycles. The molecule has 1 aromatic rings. The third-order valence-electron chi connectivity index (χ3n) is 1.54. The van der Waals surface area contributed by atoms with Crippen LogP contribution in [-0.2, 0) is 6.54 Å². The highest BCUT2D eigenvalue weighted by atomic mass is 16.5. The largest absolute Gasteiger partial charge is 0.495 e. The van der Waals surface area contributed by atoms with Crippen molar-refractivity contribution in [3.63, 3.8) is 0 Å². The van der Waals surface area contributed by atoms with E-state index in [1.807, 2.05) is 24.5 Å². The minimum Gasteiger partial charge on any atom is -0.495 e. The lowest BCUT2D eigenvalue weighted by Gasteiger charge is -2.06. The van der Waals surface area contributed by atoms with E-state index in [4.69, 9.17) is 9.94 Å². The van der Waals surface area contributed by atoms with Gasteiger partial charge in [0.15, 0.2) is 0 Å². The molecule has 0 bridgehead atoms. The maximum atomic E-state index is 8.48. The van der Waals surface area contributed by atoms with Crippen LogP contribution in [0.4, 0.5) is 0 Å². The molecule has 0 unspecified atom stereocenters. The van der Waals surface area contributed by atoms with Gasteiger partial charge in [0.2, 0.25) is 0 Å². The fourth-order valence-electron chi connectivity index (χ4n) is 0.985. The highest BCUT2D eigenvalue weighted by molar-refractivity contribution is 5.28. The molecule has 0 spiro atoms. The van der Waals surface area contributed by atoms with E-state index in [0.717, 1.165) is 5.69 Å². The Morgan fingerprint density at radius 3 is 2.92 bits per heavy atom. The molecule has 0 aliphatic heterocycles. The van der Waals surface area contributed by atoms with E-state index in [1.165, 1.54) is 0 Å². The van der Waals surface area contributed by atoms with Gasteiger partial charge in [-0.05, 0) is 19.1 Å². The summed E-state index contributed by atoms with van der Waals surface area (Å²) in [5.41, 5.74) is 3.66. The zero-order valence-electron chi connectivity index (χ0n) is 7.16. The first-order chi connectivity index (χ1) is 5.77. The Morgan fingerprint density at radius 2 is 2.33 bits per heavy atom. The fraction of sp³-hybridized carbons (Fsp3) is 0.375. The van der Waals surface area contributed by atoms with E-state index in [0.29, 0.717) is 18.0 Å². The number of hydrogen-bond acceptors (Lipinski definition) is 4. The van der Waals surface area contributed by atoms with E-state index >= 15 is 0 Å². The second-order valence-corrected chi connectivity index (χ2v) is 2.44. The number of rotatable bonds is 3. The van der Waals surface area contributed by atoms with E-state index in [9.17, 15) is 0 Å². The van der Waals surface area contributed by atoms with Gasteiger partial charge in [-0.25, -0.2) is 0 Å². The predicted molar refractivity (Wildman–Crippen MR) is 44.2 cm³/mol. The minimum absolute atomic E-state index is 0.296. The molecule has 0 amide bonds. The average molecular weight is 168 g/mol. The molecule has 0 radical (unpaired) electrons. The van der Waals surface area contributed by atoms with Gasteiger partial charge in [0, 0.05) is 5.69 Å². The molecule has 4 nitrogen and oxygen atoms in total. The molecule has 1 aromatic heterocycles. The van der Waals surface area contributed by atoms with Crippen molar-refractivity contribution >= 4 is 0 Å². The molecule has 0 saturated heterocycles.